The molecule has 0 aliphatic rings. The lowest BCUT2D eigenvalue weighted by molar-refractivity contribution is 0.621. The maximum atomic E-state index is 13.5. The van der Waals surface area contributed by atoms with Crippen LogP contribution in [0.4, 0.5) is 4.39 Å². The quantitative estimate of drug-likeness (QED) is 0.946. The molecule has 4 nitrogen and oxygen atoms in total. The third-order valence-corrected chi connectivity index (χ3v) is 3.32. The van der Waals surface area contributed by atoms with E-state index in [-0.39, 0.29) is 5.82 Å². The van der Waals surface area contributed by atoms with Gasteiger partial charge in [0.25, 0.3) is 0 Å². The highest BCUT2D eigenvalue weighted by atomic mass is 79.9. The number of nitrogens with zero attached hydrogens (tertiary/aromatic N) is 3. The van der Waals surface area contributed by atoms with E-state index in [9.17, 15) is 4.39 Å². The van der Waals surface area contributed by atoms with Crippen molar-refractivity contribution in [1.29, 1.82) is 0 Å². The number of hydrogen-bond donors (Lipinski definition) is 1. The number of rotatable bonds is 3. The third kappa shape index (κ3) is 2.10. The van der Waals surface area contributed by atoms with Crippen LogP contribution in [0.2, 0.25) is 0 Å². The lowest BCUT2D eigenvalue weighted by Crippen LogP contribution is -2.08. The predicted octanol–water partition coefficient (Wildman–Crippen LogP) is 2.33. The summed E-state index contributed by atoms with van der Waals surface area (Å²) >= 11 is 3.22. The van der Waals surface area contributed by atoms with Gasteiger partial charge in [-0.1, -0.05) is 6.07 Å². The van der Waals surface area contributed by atoms with Gasteiger partial charge in [-0.25, -0.2) is 4.39 Å². The van der Waals surface area contributed by atoms with E-state index in [0.717, 1.165) is 0 Å². The van der Waals surface area contributed by atoms with Crippen LogP contribution in [0.5, 0.6) is 0 Å². The highest BCUT2D eigenvalue weighted by molar-refractivity contribution is 9.10. The smallest absolute Gasteiger partial charge is 0.165 e. The first-order valence-corrected chi connectivity index (χ1v) is 6.04. The van der Waals surface area contributed by atoms with Gasteiger partial charge in [-0.3, -0.25) is 0 Å². The fourth-order valence-electron chi connectivity index (χ4n) is 1.69. The maximum absolute atomic E-state index is 13.5. The minimum absolute atomic E-state index is 0.313. The normalized spacial score (nSPS) is 10.8. The van der Waals surface area contributed by atoms with E-state index in [2.05, 4.69) is 26.1 Å². The average Bonchev–Trinajstić information content (AvgIpc) is 2.75. The lowest BCUT2D eigenvalue weighted by atomic mass is 10.2. The summed E-state index contributed by atoms with van der Waals surface area (Å²) in [6.07, 6.45) is 0. The fraction of sp³-hybridized carbons (Fsp3) is 0.273. The van der Waals surface area contributed by atoms with Crippen LogP contribution in [0.1, 0.15) is 12.7 Å². The molecule has 0 atom stereocenters. The van der Waals surface area contributed by atoms with Crippen molar-refractivity contribution in [2.75, 3.05) is 0 Å². The van der Waals surface area contributed by atoms with Gasteiger partial charge in [-0.05, 0) is 35.0 Å². The summed E-state index contributed by atoms with van der Waals surface area (Å²) in [6, 6.07) is 4.83. The Bertz CT molecular complexity index is 538. The van der Waals surface area contributed by atoms with Crippen LogP contribution in [0.3, 0.4) is 0 Å². The van der Waals surface area contributed by atoms with Crippen molar-refractivity contribution in [2.24, 2.45) is 5.73 Å². The first-order valence-electron chi connectivity index (χ1n) is 5.25. The van der Waals surface area contributed by atoms with E-state index in [1.165, 1.54) is 6.07 Å². The van der Waals surface area contributed by atoms with Gasteiger partial charge in [0.1, 0.15) is 11.6 Å². The van der Waals surface area contributed by atoms with E-state index in [1.807, 2.05) is 11.5 Å². The Morgan fingerprint density at radius 1 is 1.41 bits per heavy atom. The second-order valence-electron chi connectivity index (χ2n) is 3.49. The molecule has 0 saturated carbocycles. The molecular weight excluding hydrogens is 287 g/mol. The van der Waals surface area contributed by atoms with Crippen LogP contribution >= 0.6 is 15.9 Å². The summed E-state index contributed by atoms with van der Waals surface area (Å²) in [6.45, 7) is 2.98. The van der Waals surface area contributed by atoms with E-state index in [4.69, 9.17) is 5.73 Å². The van der Waals surface area contributed by atoms with E-state index >= 15 is 0 Å². The highest BCUT2D eigenvalue weighted by Crippen LogP contribution is 2.29. The summed E-state index contributed by atoms with van der Waals surface area (Å²) in [7, 11) is 0. The minimum atomic E-state index is -0.317. The van der Waals surface area contributed by atoms with Crippen LogP contribution in [-0.4, -0.2) is 14.8 Å². The van der Waals surface area contributed by atoms with Gasteiger partial charge in [-0.15, -0.1) is 10.2 Å². The zero-order chi connectivity index (χ0) is 12.4. The maximum Gasteiger partial charge on any atom is 0.165 e. The summed E-state index contributed by atoms with van der Waals surface area (Å²) in [5.41, 5.74) is 6.26. The molecular formula is C11H12BrFN4. The van der Waals surface area contributed by atoms with Crippen molar-refractivity contribution in [3.05, 3.63) is 34.3 Å². The SMILES string of the molecule is CCn1c(CN)nnc1-c1cccc(F)c1Br. The van der Waals surface area contributed by atoms with Gasteiger partial charge in [0.15, 0.2) is 5.82 Å². The molecule has 0 aliphatic carbocycles. The first kappa shape index (κ1) is 12.2. The molecule has 1 aromatic carbocycles. The molecule has 2 N–H and O–H groups in total. The van der Waals surface area contributed by atoms with Crippen LogP contribution in [0.15, 0.2) is 22.7 Å². The molecule has 0 fully saturated rings. The number of aromatic nitrogens is 3. The van der Waals surface area contributed by atoms with Crippen molar-refractivity contribution in [2.45, 2.75) is 20.0 Å². The molecule has 0 amide bonds. The second-order valence-corrected chi connectivity index (χ2v) is 4.28. The Balaban J connectivity index is 2.60. The molecule has 0 bridgehead atoms. The molecule has 0 radical (unpaired) electrons. The molecule has 2 rings (SSSR count). The van der Waals surface area contributed by atoms with Gasteiger partial charge in [0.2, 0.25) is 0 Å². The summed E-state index contributed by atoms with van der Waals surface area (Å²) < 4.78 is 15.7. The van der Waals surface area contributed by atoms with Gasteiger partial charge in [-0.2, -0.15) is 0 Å². The van der Waals surface area contributed by atoms with Crippen LogP contribution in [0, 0.1) is 5.82 Å². The number of hydrogen-bond acceptors (Lipinski definition) is 3. The van der Waals surface area contributed by atoms with Crippen LogP contribution < -0.4 is 5.73 Å². The zero-order valence-corrected chi connectivity index (χ0v) is 10.9. The van der Waals surface area contributed by atoms with Gasteiger partial charge in [0, 0.05) is 12.1 Å². The molecule has 0 aliphatic heterocycles. The van der Waals surface area contributed by atoms with Crippen LogP contribution in [-0.2, 0) is 13.1 Å². The number of benzene rings is 1. The minimum Gasteiger partial charge on any atom is -0.324 e. The first-order chi connectivity index (χ1) is 8.19. The fourth-order valence-corrected chi connectivity index (χ4v) is 2.14. The Morgan fingerprint density at radius 2 is 2.18 bits per heavy atom. The highest BCUT2D eigenvalue weighted by Gasteiger charge is 2.15. The van der Waals surface area contributed by atoms with Crippen LogP contribution in [0.25, 0.3) is 11.4 Å². The summed E-state index contributed by atoms with van der Waals surface area (Å²) in [5, 5.41) is 8.06. The predicted molar refractivity (Wildman–Crippen MR) is 66.7 cm³/mol. The molecule has 2 aromatic rings. The Hall–Kier alpha value is -1.27. The summed E-state index contributed by atoms with van der Waals surface area (Å²) in [5.74, 6) is 1.00. The zero-order valence-electron chi connectivity index (χ0n) is 9.32. The average molecular weight is 299 g/mol. The number of halogens is 2. The molecule has 17 heavy (non-hydrogen) atoms. The molecule has 6 heteroatoms. The van der Waals surface area contributed by atoms with Crippen molar-refractivity contribution in [1.82, 2.24) is 14.8 Å². The molecule has 90 valence electrons. The summed E-state index contributed by atoms with van der Waals surface area (Å²) in [4.78, 5) is 0. The van der Waals surface area contributed by atoms with Crippen molar-refractivity contribution in [3.8, 4) is 11.4 Å². The van der Waals surface area contributed by atoms with Crippen molar-refractivity contribution >= 4 is 15.9 Å². The topological polar surface area (TPSA) is 56.7 Å². The standard InChI is InChI=1S/C11H12BrFN4/c1-2-17-9(6-14)15-16-11(17)7-4-3-5-8(13)10(7)12/h3-5H,2,6,14H2,1H3. The number of nitrogens with two attached hydrogens (primary N) is 1. The Morgan fingerprint density at radius 3 is 2.82 bits per heavy atom. The van der Waals surface area contributed by atoms with Crippen molar-refractivity contribution < 1.29 is 4.39 Å². The van der Waals surface area contributed by atoms with Gasteiger partial charge in [0.05, 0.1) is 11.0 Å². The van der Waals surface area contributed by atoms with Gasteiger partial charge >= 0.3 is 0 Å². The molecule has 1 aromatic heterocycles. The second kappa shape index (κ2) is 4.93. The Kier molecular flexibility index (Phi) is 3.54. The van der Waals surface area contributed by atoms with E-state index < -0.39 is 0 Å². The monoisotopic (exact) mass is 298 g/mol. The van der Waals surface area contributed by atoms with E-state index in [0.29, 0.717) is 34.8 Å². The lowest BCUT2D eigenvalue weighted by Gasteiger charge is -2.08. The molecule has 0 saturated heterocycles. The largest absolute Gasteiger partial charge is 0.324 e. The molecule has 0 spiro atoms. The third-order valence-electron chi connectivity index (χ3n) is 2.52. The molecule has 1 heterocycles. The van der Waals surface area contributed by atoms with E-state index in [1.54, 1.807) is 12.1 Å². The Labute approximate surface area is 107 Å². The van der Waals surface area contributed by atoms with Crippen molar-refractivity contribution in [3.63, 3.8) is 0 Å². The molecule has 0 unspecified atom stereocenters. The van der Waals surface area contributed by atoms with Gasteiger partial charge < -0.3 is 10.3 Å².